The van der Waals surface area contributed by atoms with Crippen LogP contribution in [0.5, 0.6) is 5.75 Å². The van der Waals surface area contributed by atoms with Gasteiger partial charge in [-0.15, -0.1) is 11.3 Å². The Hall–Kier alpha value is -2.18. The molecule has 5 nitrogen and oxygen atoms in total. The van der Waals surface area contributed by atoms with Crippen molar-refractivity contribution < 1.29 is 19.1 Å². The summed E-state index contributed by atoms with van der Waals surface area (Å²) in [6.07, 6.45) is 0.448. The van der Waals surface area contributed by atoms with Crippen molar-refractivity contribution in [3.05, 3.63) is 45.1 Å². The number of ether oxygens (including phenoxy) is 1. The van der Waals surface area contributed by atoms with Gasteiger partial charge in [0.15, 0.2) is 11.5 Å². The maximum absolute atomic E-state index is 12.1. The number of aryl methyl sites for hydroxylation is 1. The number of para-hydroxylation sites is 1. The maximum Gasteiger partial charge on any atom is 0.224 e. The maximum atomic E-state index is 12.1. The third-order valence-electron chi connectivity index (χ3n) is 3.81. The van der Waals surface area contributed by atoms with Crippen LogP contribution in [0.15, 0.2) is 30.3 Å². The van der Waals surface area contributed by atoms with Crippen molar-refractivity contribution in [2.24, 2.45) is 0 Å². The number of ketones is 2. The first-order valence-corrected chi connectivity index (χ1v) is 9.92. The van der Waals surface area contributed by atoms with Gasteiger partial charge < -0.3 is 10.1 Å². The highest BCUT2D eigenvalue weighted by Gasteiger charge is 2.14. The molecular formula is C20H22ClNO4S. The second kappa shape index (κ2) is 10.2. The number of nitrogens with one attached hydrogen (secondary N) is 1. The Labute approximate surface area is 167 Å². The first-order chi connectivity index (χ1) is 12.9. The van der Waals surface area contributed by atoms with Gasteiger partial charge in [-0.1, -0.05) is 17.7 Å². The Kier molecular flexibility index (Phi) is 8.00. The number of benzene rings is 1. The summed E-state index contributed by atoms with van der Waals surface area (Å²) in [5.74, 6) is -0.0287. The van der Waals surface area contributed by atoms with Crippen molar-refractivity contribution >= 4 is 46.1 Å². The van der Waals surface area contributed by atoms with E-state index in [1.54, 1.807) is 24.3 Å². The van der Waals surface area contributed by atoms with E-state index >= 15 is 0 Å². The average molecular weight is 408 g/mol. The van der Waals surface area contributed by atoms with E-state index in [0.29, 0.717) is 27.9 Å². The zero-order valence-corrected chi connectivity index (χ0v) is 16.9. The number of hydrogen-bond donors (Lipinski definition) is 1. The highest BCUT2D eigenvalue weighted by atomic mass is 35.5. The molecule has 0 aliphatic carbocycles. The fraction of sp³-hybridized carbons (Fsp3) is 0.350. The predicted molar refractivity (Wildman–Crippen MR) is 108 cm³/mol. The summed E-state index contributed by atoms with van der Waals surface area (Å²) in [6, 6.07) is 8.75. The van der Waals surface area contributed by atoms with Crippen LogP contribution in [0.3, 0.4) is 0 Å². The molecule has 0 bridgehead atoms. The summed E-state index contributed by atoms with van der Waals surface area (Å²) in [6.45, 7) is 4.18. The van der Waals surface area contributed by atoms with Crippen LogP contribution < -0.4 is 10.1 Å². The van der Waals surface area contributed by atoms with Crippen LogP contribution in [-0.4, -0.2) is 24.1 Å². The van der Waals surface area contributed by atoms with E-state index < -0.39 is 0 Å². The molecular weight excluding hydrogens is 386 g/mol. The summed E-state index contributed by atoms with van der Waals surface area (Å²) in [7, 11) is 0. The predicted octanol–water partition coefficient (Wildman–Crippen LogP) is 5.06. The lowest BCUT2D eigenvalue weighted by atomic mass is 10.1. The van der Waals surface area contributed by atoms with Crippen LogP contribution in [0.1, 0.15) is 47.2 Å². The van der Waals surface area contributed by atoms with Crippen LogP contribution in [0.4, 0.5) is 5.69 Å². The molecule has 1 aromatic carbocycles. The number of Topliss-reactive ketones (excluding diaryl/α,β-unsaturated/α-hetero) is 2. The second-order valence-electron chi connectivity index (χ2n) is 5.97. The second-order valence-corrected chi connectivity index (χ2v) is 7.66. The van der Waals surface area contributed by atoms with Crippen molar-refractivity contribution in [2.75, 3.05) is 11.9 Å². The Morgan fingerprint density at radius 2 is 1.81 bits per heavy atom. The number of anilines is 1. The normalized spacial score (nSPS) is 10.5. The van der Waals surface area contributed by atoms with Crippen molar-refractivity contribution in [2.45, 2.75) is 39.5 Å². The molecule has 1 amide bonds. The van der Waals surface area contributed by atoms with Crippen LogP contribution in [-0.2, 0) is 9.59 Å². The summed E-state index contributed by atoms with van der Waals surface area (Å²) < 4.78 is 5.45. The molecule has 1 heterocycles. The van der Waals surface area contributed by atoms with E-state index in [1.165, 1.54) is 11.3 Å². The van der Waals surface area contributed by atoms with Gasteiger partial charge in [-0.3, -0.25) is 14.4 Å². The van der Waals surface area contributed by atoms with Crippen LogP contribution in [0, 0.1) is 6.92 Å². The quantitative estimate of drug-likeness (QED) is 0.558. The number of rotatable bonds is 10. The van der Waals surface area contributed by atoms with E-state index in [4.69, 9.17) is 16.3 Å². The van der Waals surface area contributed by atoms with Crippen molar-refractivity contribution in [1.82, 2.24) is 0 Å². The van der Waals surface area contributed by atoms with Gasteiger partial charge in [-0.05, 0) is 38.1 Å². The number of carbonyl (C=O) groups is 3. The van der Waals surface area contributed by atoms with Gasteiger partial charge in [-0.25, -0.2) is 0 Å². The summed E-state index contributed by atoms with van der Waals surface area (Å²) >= 11 is 7.51. The molecule has 0 unspecified atom stereocenters. The van der Waals surface area contributed by atoms with Crippen LogP contribution in [0.25, 0.3) is 0 Å². The molecule has 7 heteroatoms. The van der Waals surface area contributed by atoms with E-state index in [-0.39, 0.29) is 43.2 Å². The average Bonchev–Trinajstić information content (AvgIpc) is 3.07. The lowest BCUT2D eigenvalue weighted by Crippen LogP contribution is -2.14. The number of thiophene rings is 1. The lowest BCUT2D eigenvalue weighted by Gasteiger charge is -2.12. The molecule has 27 heavy (non-hydrogen) atoms. The molecule has 0 aliphatic heterocycles. The van der Waals surface area contributed by atoms with E-state index in [0.717, 1.165) is 4.88 Å². The van der Waals surface area contributed by atoms with Gasteiger partial charge in [-0.2, -0.15) is 0 Å². The molecule has 144 valence electrons. The minimum absolute atomic E-state index is 0.0359. The molecule has 0 aliphatic rings. The highest BCUT2D eigenvalue weighted by Crippen LogP contribution is 2.33. The number of hydrogen-bond acceptors (Lipinski definition) is 5. The minimum atomic E-state index is -0.299. The molecule has 2 aromatic rings. The van der Waals surface area contributed by atoms with Crippen LogP contribution in [0.2, 0.25) is 5.02 Å². The Morgan fingerprint density at radius 1 is 1.07 bits per heavy atom. The van der Waals surface area contributed by atoms with Crippen molar-refractivity contribution in [3.8, 4) is 5.75 Å². The van der Waals surface area contributed by atoms with Gasteiger partial charge in [0.05, 0.1) is 22.2 Å². The largest absolute Gasteiger partial charge is 0.490 e. The third-order valence-corrected chi connectivity index (χ3v) is 5.15. The van der Waals surface area contributed by atoms with Gasteiger partial charge in [0, 0.05) is 30.6 Å². The fourth-order valence-corrected chi connectivity index (χ4v) is 3.51. The Balaban J connectivity index is 1.79. The lowest BCUT2D eigenvalue weighted by molar-refractivity contribution is -0.122. The summed E-state index contributed by atoms with van der Waals surface area (Å²) in [4.78, 5) is 37.9. The van der Waals surface area contributed by atoms with Crippen molar-refractivity contribution in [3.63, 3.8) is 0 Å². The molecule has 0 fully saturated rings. The van der Waals surface area contributed by atoms with E-state index in [1.807, 2.05) is 19.9 Å². The molecule has 0 saturated carbocycles. The monoisotopic (exact) mass is 407 g/mol. The van der Waals surface area contributed by atoms with E-state index in [2.05, 4.69) is 5.32 Å². The van der Waals surface area contributed by atoms with Crippen LogP contribution >= 0.6 is 22.9 Å². The molecule has 0 atom stereocenters. The molecule has 0 saturated heterocycles. The molecule has 0 radical (unpaired) electrons. The third kappa shape index (κ3) is 6.48. The number of amides is 1. The van der Waals surface area contributed by atoms with E-state index in [9.17, 15) is 14.4 Å². The zero-order valence-electron chi connectivity index (χ0n) is 15.3. The number of carbonyl (C=O) groups excluding carboxylic acids is 3. The standard InChI is InChI=1S/C20H22ClNO4S/c1-3-26-20-15(21)5-4-6-16(20)22-19(25)12-9-14(23)8-10-17(24)18-11-7-13(2)27-18/h4-7,11H,3,8-10,12H2,1-2H3,(H,22,25). The molecule has 1 aromatic heterocycles. The fourth-order valence-electron chi connectivity index (χ4n) is 2.45. The first-order valence-electron chi connectivity index (χ1n) is 8.73. The molecule has 2 rings (SSSR count). The summed E-state index contributed by atoms with van der Waals surface area (Å²) in [5.41, 5.74) is 0.477. The van der Waals surface area contributed by atoms with Gasteiger partial charge in [0.1, 0.15) is 5.78 Å². The SMILES string of the molecule is CCOc1c(Cl)cccc1NC(=O)CCC(=O)CCC(=O)c1ccc(C)s1. The van der Waals surface area contributed by atoms with Gasteiger partial charge in [0.2, 0.25) is 5.91 Å². The smallest absolute Gasteiger partial charge is 0.224 e. The Morgan fingerprint density at radius 3 is 2.48 bits per heavy atom. The van der Waals surface area contributed by atoms with Gasteiger partial charge >= 0.3 is 0 Å². The first kappa shape index (κ1) is 21.1. The summed E-state index contributed by atoms with van der Waals surface area (Å²) in [5, 5.41) is 3.13. The zero-order chi connectivity index (χ0) is 19.8. The van der Waals surface area contributed by atoms with Gasteiger partial charge in [0.25, 0.3) is 0 Å². The Bertz CT molecular complexity index is 831. The minimum Gasteiger partial charge on any atom is -0.490 e. The number of halogens is 1. The molecule has 1 N–H and O–H groups in total. The van der Waals surface area contributed by atoms with Crippen molar-refractivity contribution in [1.29, 1.82) is 0 Å². The molecule has 0 spiro atoms. The highest BCUT2D eigenvalue weighted by molar-refractivity contribution is 7.14. The topological polar surface area (TPSA) is 72.5 Å².